The lowest BCUT2D eigenvalue weighted by molar-refractivity contribution is 0.0160. The molecule has 7 nitrogen and oxygen atoms in total. The van der Waals surface area contributed by atoms with Crippen LogP contribution < -0.4 is 10.1 Å². The van der Waals surface area contributed by atoms with Gasteiger partial charge in [0.1, 0.15) is 12.5 Å². The zero-order valence-corrected chi connectivity index (χ0v) is 16.5. The first-order valence-electron chi connectivity index (χ1n) is 9.39. The Bertz CT molecular complexity index is 696. The van der Waals surface area contributed by atoms with E-state index in [2.05, 4.69) is 34.4 Å². The molecule has 0 spiro atoms. The SMILES string of the molecule is COCn1ncc(C)c1CNC[C@H](c1ccc(OC)cc1)N1CCOCC1. The van der Waals surface area contributed by atoms with Crippen molar-refractivity contribution in [1.82, 2.24) is 20.0 Å². The highest BCUT2D eigenvalue weighted by Gasteiger charge is 2.22. The Morgan fingerprint density at radius 1 is 1.19 bits per heavy atom. The maximum atomic E-state index is 5.54. The number of nitrogens with zero attached hydrogens (tertiary/aromatic N) is 3. The molecule has 1 aromatic carbocycles. The van der Waals surface area contributed by atoms with E-state index in [1.54, 1.807) is 14.2 Å². The fraction of sp³-hybridized carbons (Fsp3) is 0.550. The zero-order chi connectivity index (χ0) is 19.1. The second kappa shape index (κ2) is 9.85. The van der Waals surface area contributed by atoms with E-state index in [-0.39, 0.29) is 0 Å². The van der Waals surface area contributed by atoms with Crippen molar-refractivity contribution in [3.05, 3.63) is 47.3 Å². The predicted octanol–water partition coefficient (Wildman–Crippen LogP) is 1.97. The summed E-state index contributed by atoms with van der Waals surface area (Å²) >= 11 is 0. The third kappa shape index (κ3) is 5.07. The van der Waals surface area contributed by atoms with E-state index >= 15 is 0 Å². The van der Waals surface area contributed by atoms with Crippen LogP contribution in [0.4, 0.5) is 0 Å². The van der Waals surface area contributed by atoms with Gasteiger partial charge in [-0.15, -0.1) is 0 Å². The van der Waals surface area contributed by atoms with Crippen molar-refractivity contribution >= 4 is 0 Å². The van der Waals surface area contributed by atoms with Gasteiger partial charge in [0.15, 0.2) is 0 Å². The van der Waals surface area contributed by atoms with Gasteiger partial charge in [-0.05, 0) is 30.2 Å². The van der Waals surface area contributed by atoms with Gasteiger partial charge in [0.05, 0.1) is 32.2 Å². The number of ether oxygens (including phenoxy) is 3. The van der Waals surface area contributed by atoms with E-state index in [9.17, 15) is 0 Å². The molecule has 148 valence electrons. The van der Waals surface area contributed by atoms with Gasteiger partial charge in [-0.3, -0.25) is 4.90 Å². The van der Waals surface area contributed by atoms with Crippen molar-refractivity contribution in [2.24, 2.45) is 0 Å². The summed E-state index contributed by atoms with van der Waals surface area (Å²) in [4.78, 5) is 2.48. The Morgan fingerprint density at radius 3 is 2.59 bits per heavy atom. The van der Waals surface area contributed by atoms with Gasteiger partial charge in [0.25, 0.3) is 0 Å². The highest BCUT2D eigenvalue weighted by atomic mass is 16.5. The first kappa shape index (κ1) is 19.8. The number of aryl methyl sites for hydroxylation is 1. The summed E-state index contributed by atoms with van der Waals surface area (Å²) in [6.45, 7) is 7.61. The molecule has 1 fully saturated rings. The van der Waals surface area contributed by atoms with Gasteiger partial charge < -0.3 is 19.5 Å². The maximum absolute atomic E-state index is 5.54. The number of rotatable bonds is 9. The van der Waals surface area contributed by atoms with Crippen LogP contribution in [0.25, 0.3) is 0 Å². The standard InChI is InChI=1S/C20H30N4O3/c1-16-12-22-24(15-25-2)19(16)13-21-14-20(23-8-10-27-11-9-23)17-4-6-18(26-3)7-5-17/h4-7,12,20-21H,8-11,13-15H2,1-3H3/t20-/m1/s1. The second-order valence-corrected chi connectivity index (χ2v) is 6.76. The number of morpholine rings is 1. The Labute approximate surface area is 161 Å². The zero-order valence-electron chi connectivity index (χ0n) is 16.5. The maximum Gasteiger partial charge on any atom is 0.139 e. The molecule has 1 aromatic heterocycles. The fourth-order valence-corrected chi connectivity index (χ4v) is 3.47. The summed E-state index contributed by atoms with van der Waals surface area (Å²) in [5.41, 5.74) is 3.62. The molecular weight excluding hydrogens is 344 g/mol. The molecule has 3 rings (SSSR count). The van der Waals surface area contributed by atoms with Crippen molar-refractivity contribution in [2.45, 2.75) is 26.2 Å². The second-order valence-electron chi connectivity index (χ2n) is 6.76. The molecule has 2 heterocycles. The average molecular weight is 374 g/mol. The van der Waals surface area contributed by atoms with Gasteiger partial charge in [-0.2, -0.15) is 5.10 Å². The van der Waals surface area contributed by atoms with Gasteiger partial charge in [0.2, 0.25) is 0 Å². The van der Waals surface area contributed by atoms with E-state index in [1.165, 1.54) is 11.1 Å². The molecule has 1 atom stereocenters. The molecule has 1 aliphatic heterocycles. The van der Waals surface area contributed by atoms with Gasteiger partial charge >= 0.3 is 0 Å². The first-order valence-corrected chi connectivity index (χ1v) is 9.39. The summed E-state index contributed by atoms with van der Waals surface area (Å²) in [5, 5.41) is 8.00. The molecule has 2 aromatic rings. The van der Waals surface area contributed by atoms with Crippen LogP contribution in [-0.2, 0) is 22.7 Å². The predicted molar refractivity (Wildman–Crippen MR) is 104 cm³/mol. The van der Waals surface area contributed by atoms with E-state index < -0.39 is 0 Å². The molecule has 0 saturated carbocycles. The highest BCUT2D eigenvalue weighted by molar-refractivity contribution is 5.29. The van der Waals surface area contributed by atoms with Crippen molar-refractivity contribution in [3.8, 4) is 5.75 Å². The lowest BCUT2D eigenvalue weighted by Gasteiger charge is -2.35. The summed E-state index contributed by atoms with van der Waals surface area (Å²) in [7, 11) is 3.38. The minimum Gasteiger partial charge on any atom is -0.497 e. The topological polar surface area (TPSA) is 60.8 Å². The van der Waals surface area contributed by atoms with Crippen molar-refractivity contribution < 1.29 is 14.2 Å². The normalized spacial score (nSPS) is 16.4. The fourth-order valence-electron chi connectivity index (χ4n) is 3.47. The molecule has 0 aliphatic carbocycles. The van der Waals surface area contributed by atoms with Crippen molar-refractivity contribution in [2.75, 3.05) is 47.1 Å². The molecule has 1 N–H and O–H groups in total. The smallest absolute Gasteiger partial charge is 0.139 e. The van der Waals surface area contributed by atoms with Gasteiger partial charge in [0, 0.05) is 39.3 Å². The van der Waals surface area contributed by atoms with Crippen molar-refractivity contribution in [3.63, 3.8) is 0 Å². The van der Waals surface area contributed by atoms with Crippen LogP contribution in [-0.4, -0.2) is 61.7 Å². The first-order chi connectivity index (χ1) is 13.2. The van der Waals surface area contributed by atoms with Gasteiger partial charge in [-0.25, -0.2) is 4.68 Å². The van der Waals surface area contributed by atoms with Crippen LogP contribution in [0.1, 0.15) is 22.9 Å². The van der Waals surface area contributed by atoms with E-state index in [0.717, 1.165) is 50.8 Å². The van der Waals surface area contributed by atoms with Crippen LogP contribution in [0.15, 0.2) is 30.5 Å². The van der Waals surface area contributed by atoms with Crippen LogP contribution in [0.2, 0.25) is 0 Å². The molecule has 1 saturated heterocycles. The molecule has 0 amide bonds. The van der Waals surface area contributed by atoms with E-state index in [0.29, 0.717) is 12.8 Å². The Morgan fingerprint density at radius 2 is 1.93 bits per heavy atom. The van der Waals surface area contributed by atoms with Crippen LogP contribution in [0.5, 0.6) is 5.75 Å². The third-order valence-corrected chi connectivity index (χ3v) is 5.03. The van der Waals surface area contributed by atoms with Crippen LogP contribution in [0, 0.1) is 6.92 Å². The molecule has 0 radical (unpaired) electrons. The molecule has 0 unspecified atom stereocenters. The number of hydrogen-bond donors (Lipinski definition) is 1. The highest BCUT2D eigenvalue weighted by Crippen LogP contribution is 2.24. The lowest BCUT2D eigenvalue weighted by atomic mass is 10.0. The largest absolute Gasteiger partial charge is 0.497 e. The minimum absolute atomic E-state index is 0.291. The number of methoxy groups -OCH3 is 2. The molecule has 1 aliphatic rings. The van der Waals surface area contributed by atoms with E-state index in [1.807, 2.05) is 23.0 Å². The average Bonchev–Trinajstić information content (AvgIpc) is 3.06. The minimum atomic E-state index is 0.291. The third-order valence-electron chi connectivity index (χ3n) is 5.03. The van der Waals surface area contributed by atoms with Crippen LogP contribution in [0.3, 0.4) is 0 Å². The molecule has 27 heavy (non-hydrogen) atoms. The lowest BCUT2D eigenvalue weighted by Crippen LogP contribution is -2.42. The monoisotopic (exact) mass is 374 g/mol. The quantitative estimate of drug-likeness (QED) is 0.724. The molecule has 7 heteroatoms. The number of nitrogens with one attached hydrogen (secondary N) is 1. The van der Waals surface area contributed by atoms with Crippen LogP contribution >= 0.6 is 0 Å². The molecule has 0 bridgehead atoms. The summed E-state index contributed by atoms with van der Waals surface area (Å²) in [6, 6.07) is 8.66. The molecular formula is C20H30N4O3. The summed E-state index contributed by atoms with van der Waals surface area (Å²) in [5.74, 6) is 0.881. The summed E-state index contributed by atoms with van der Waals surface area (Å²) in [6.07, 6.45) is 1.89. The Kier molecular flexibility index (Phi) is 7.23. The Balaban J connectivity index is 1.68. The number of benzene rings is 1. The Hall–Kier alpha value is -1.93. The van der Waals surface area contributed by atoms with Crippen molar-refractivity contribution in [1.29, 1.82) is 0 Å². The van der Waals surface area contributed by atoms with E-state index in [4.69, 9.17) is 14.2 Å². The number of hydrogen-bond acceptors (Lipinski definition) is 6. The number of aromatic nitrogens is 2. The summed E-state index contributed by atoms with van der Waals surface area (Å²) < 4.78 is 18.0. The van der Waals surface area contributed by atoms with Gasteiger partial charge in [-0.1, -0.05) is 12.1 Å².